The number of carbonyl (C=O) groups is 2. The van der Waals surface area contributed by atoms with E-state index in [2.05, 4.69) is 0 Å². The zero-order valence-corrected chi connectivity index (χ0v) is 15.5. The van der Waals surface area contributed by atoms with Crippen LogP contribution in [0.15, 0.2) is 28.7 Å². The first-order chi connectivity index (χ1) is 12.2. The number of furan rings is 1. The van der Waals surface area contributed by atoms with Gasteiger partial charge in [0.05, 0.1) is 10.5 Å². The van der Waals surface area contributed by atoms with E-state index in [1.54, 1.807) is 20.0 Å². The van der Waals surface area contributed by atoms with E-state index in [1.165, 1.54) is 30.0 Å². The molecule has 8 heteroatoms. The van der Waals surface area contributed by atoms with Gasteiger partial charge < -0.3 is 9.32 Å². The number of amides is 1. The van der Waals surface area contributed by atoms with Gasteiger partial charge >= 0.3 is 0 Å². The number of hydrogen-bond acceptors (Lipinski definition) is 5. The number of aryl methyl sites for hydroxylation is 2. The highest BCUT2D eigenvalue weighted by Crippen LogP contribution is 2.23. The number of ketones is 1. The quantitative estimate of drug-likeness (QED) is 0.413. The van der Waals surface area contributed by atoms with Gasteiger partial charge in [-0.25, -0.2) is 0 Å². The van der Waals surface area contributed by atoms with E-state index in [4.69, 9.17) is 16.0 Å². The Kier molecular flexibility index (Phi) is 6.15. The number of rotatable bonds is 7. The highest BCUT2D eigenvalue weighted by atomic mass is 35.5. The Morgan fingerprint density at radius 2 is 2.00 bits per heavy atom. The van der Waals surface area contributed by atoms with Crippen molar-refractivity contribution in [3.8, 4) is 0 Å². The molecular weight excluding hydrogens is 360 g/mol. The molecule has 0 aliphatic heterocycles. The molecule has 0 unspecified atom stereocenters. The van der Waals surface area contributed by atoms with Gasteiger partial charge in [-0.3, -0.25) is 19.7 Å². The van der Waals surface area contributed by atoms with Gasteiger partial charge in [-0.2, -0.15) is 0 Å². The lowest BCUT2D eigenvalue weighted by Gasteiger charge is -2.17. The molecule has 1 amide bonds. The topological polar surface area (TPSA) is 93.7 Å². The molecule has 2 aromatic rings. The summed E-state index contributed by atoms with van der Waals surface area (Å²) in [6.45, 7) is 3.33. The summed E-state index contributed by atoms with van der Waals surface area (Å²) in [5, 5.41) is 11.2. The minimum absolute atomic E-state index is 0.0759. The fraction of sp³-hybridized carbons (Fsp3) is 0.333. The fourth-order valence-electron chi connectivity index (χ4n) is 2.58. The Hall–Kier alpha value is -2.67. The maximum absolute atomic E-state index is 12.3. The Bertz CT molecular complexity index is 859. The van der Waals surface area contributed by atoms with Crippen LogP contribution in [0.2, 0.25) is 5.02 Å². The molecule has 0 saturated heterocycles. The van der Waals surface area contributed by atoms with Crippen LogP contribution in [0.1, 0.15) is 40.8 Å². The Morgan fingerprint density at radius 3 is 2.58 bits per heavy atom. The van der Waals surface area contributed by atoms with Crippen molar-refractivity contribution in [2.24, 2.45) is 0 Å². The van der Waals surface area contributed by atoms with Crippen molar-refractivity contribution in [3.63, 3.8) is 0 Å². The van der Waals surface area contributed by atoms with E-state index >= 15 is 0 Å². The summed E-state index contributed by atoms with van der Waals surface area (Å²) in [6.07, 6.45) is 0.549. The number of hydrogen-bond donors (Lipinski definition) is 0. The molecule has 0 radical (unpaired) electrons. The van der Waals surface area contributed by atoms with Crippen molar-refractivity contribution in [1.82, 2.24) is 4.90 Å². The molecule has 138 valence electrons. The van der Waals surface area contributed by atoms with Crippen molar-refractivity contribution in [2.45, 2.75) is 33.2 Å². The Balaban J connectivity index is 2.00. The van der Waals surface area contributed by atoms with Gasteiger partial charge in [-0.05, 0) is 31.5 Å². The summed E-state index contributed by atoms with van der Waals surface area (Å²) in [5.41, 5.74) is 0.946. The zero-order chi connectivity index (χ0) is 19.4. The van der Waals surface area contributed by atoms with Crippen LogP contribution in [0.4, 0.5) is 5.69 Å². The number of Topliss-reactive ketones (excluding diaryl/α,β-unsaturated/α-hetero) is 1. The first kappa shape index (κ1) is 19.7. The molecule has 0 N–H and O–H groups in total. The minimum Gasteiger partial charge on any atom is -0.466 e. The molecule has 1 heterocycles. The number of carbonyl (C=O) groups excluding carboxylic acids is 2. The van der Waals surface area contributed by atoms with Gasteiger partial charge in [-0.15, -0.1) is 0 Å². The number of nitro groups is 1. The lowest BCUT2D eigenvalue weighted by atomic mass is 10.1. The summed E-state index contributed by atoms with van der Waals surface area (Å²) >= 11 is 6.06. The summed E-state index contributed by atoms with van der Waals surface area (Å²) < 4.78 is 5.50. The normalized spacial score (nSPS) is 10.6. The van der Waals surface area contributed by atoms with E-state index in [0.29, 0.717) is 34.1 Å². The van der Waals surface area contributed by atoms with Crippen molar-refractivity contribution in [2.75, 3.05) is 7.05 Å². The lowest BCUT2D eigenvalue weighted by molar-refractivity contribution is -0.384. The van der Waals surface area contributed by atoms with Crippen LogP contribution < -0.4 is 0 Å². The van der Waals surface area contributed by atoms with Crippen LogP contribution in [0.5, 0.6) is 0 Å². The molecular formula is C18H19ClN2O5. The second kappa shape index (κ2) is 8.14. The standard InChI is InChI=1S/C18H19ClN2O5/c1-11(22)16-9-15(26-12(16)2)5-7-18(23)20(3)10-13-8-14(21(24)25)4-6-17(13)19/h4,6,8-9H,5,7,10H2,1-3H3. The summed E-state index contributed by atoms with van der Waals surface area (Å²) in [7, 11) is 1.60. The second-order valence-electron chi connectivity index (χ2n) is 6.02. The molecule has 0 spiro atoms. The van der Waals surface area contributed by atoms with E-state index in [9.17, 15) is 19.7 Å². The zero-order valence-electron chi connectivity index (χ0n) is 14.7. The van der Waals surface area contributed by atoms with Crippen LogP contribution in [0.25, 0.3) is 0 Å². The van der Waals surface area contributed by atoms with Gasteiger partial charge in [-0.1, -0.05) is 11.6 Å². The SMILES string of the molecule is CC(=O)c1cc(CCC(=O)N(C)Cc2cc([N+](=O)[O-])ccc2Cl)oc1C. The molecule has 0 aliphatic rings. The number of halogens is 1. The Morgan fingerprint density at radius 1 is 1.31 bits per heavy atom. The average molecular weight is 379 g/mol. The maximum Gasteiger partial charge on any atom is 0.269 e. The third-order valence-electron chi connectivity index (χ3n) is 4.01. The number of nitro benzene ring substituents is 1. The van der Waals surface area contributed by atoms with E-state index in [0.717, 1.165) is 0 Å². The number of non-ortho nitro benzene ring substituents is 1. The molecule has 7 nitrogen and oxygen atoms in total. The predicted molar refractivity (Wildman–Crippen MR) is 96.4 cm³/mol. The first-order valence-electron chi connectivity index (χ1n) is 7.96. The molecule has 0 aliphatic carbocycles. The summed E-state index contributed by atoms with van der Waals surface area (Å²) in [4.78, 5) is 35.6. The van der Waals surface area contributed by atoms with Gasteiger partial charge in [0.1, 0.15) is 11.5 Å². The van der Waals surface area contributed by atoms with Crippen LogP contribution in [0.3, 0.4) is 0 Å². The van der Waals surface area contributed by atoms with E-state index in [1.807, 2.05) is 0 Å². The Labute approximate surface area is 155 Å². The monoisotopic (exact) mass is 378 g/mol. The first-order valence-corrected chi connectivity index (χ1v) is 8.34. The van der Waals surface area contributed by atoms with Crippen molar-refractivity contribution >= 4 is 29.0 Å². The van der Waals surface area contributed by atoms with Crippen LogP contribution >= 0.6 is 11.6 Å². The smallest absolute Gasteiger partial charge is 0.269 e. The molecule has 0 atom stereocenters. The van der Waals surface area contributed by atoms with Gasteiger partial charge in [0.25, 0.3) is 5.69 Å². The van der Waals surface area contributed by atoms with Crippen LogP contribution in [-0.2, 0) is 17.8 Å². The molecule has 26 heavy (non-hydrogen) atoms. The van der Waals surface area contributed by atoms with Gasteiger partial charge in [0, 0.05) is 43.6 Å². The molecule has 1 aromatic heterocycles. The molecule has 0 fully saturated rings. The molecule has 1 aromatic carbocycles. The van der Waals surface area contributed by atoms with Gasteiger partial charge in [0.2, 0.25) is 5.91 Å². The van der Waals surface area contributed by atoms with Crippen LogP contribution in [0, 0.1) is 17.0 Å². The largest absolute Gasteiger partial charge is 0.466 e. The highest BCUT2D eigenvalue weighted by molar-refractivity contribution is 6.31. The second-order valence-corrected chi connectivity index (χ2v) is 6.43. The van der Waals surface area contributed by atoms with Gasteiger partial charge in [0.15, 0.2) is 5.78 Å². The lowest BCUT2D eigenvalue weighted by Crippen LogP contribution is -2.26. The summed E-state index contributed by atoms with van der Waals surface area (Å²) in [5.74, 6) is 0.867. The van der Waals surface area contributed by atoms with E-state index < -0.39 is 4.92 Å². The highest BCUT2D eigenvalue weighted by Gasteiger charge is 2.16. The fourth-order valence-corrected chi connectivity index (χ4v) is 2.75. The number of nitrogens with zero attached hydrogens (tertiary/aromatic N) is 2. The molecule has 0 saturated carbocycles. The molecule has 0 bridgehead atoms. The minimum atomic E-state index is -0.506. The third-order valence-corrected chi connectivity index (χ3v) is 4.38. The van der Waals surface area contributed by atoms with Crippen molar-refractivity contribution < 1.29 is 18.9 Å². The van der Waals surface area contributed by atoms with Crippen molar-refractivity contribution in [3.05, 3.63) is 62.0 Å². The van der Waals surface area contributed by atoms with Crippen molar-refractivity contribution in [1.29, 1.82) is 0 Å². The maximum atomic E-state index is 12.3. The third kappa shape index (κ3) is 4.70. The number of benzene rings is 1. The average Bonchev–Trinajstić information content (AvgIpc) is 2.95. The summed E-state index contributed by atoms with van der Waals surface area (Å²) in [6, 6.07) is 5.78. The molecule has 2 rings (SSSR count). The van der Waals surface area contributed by atoms with E-state index in [-0.39, 0.29) is 30.3 Å². The predicted octanol–water partition coefficient (Wildman–Crippen LogP) is 3.94. The van der Waals surface area contributed by atoms with Crippen LogP contribution in [-0.4, -0.2) is 28.6 Å².